The zero-order valence-electron chi connectivity index (χ0n) is 19.1. The fourth-order valence-corrected chi connectivity index (χ4v) is 4.97. The zero-order valence-corrected chi connectivity index (χ0v) is 19.9. The molecule has 4 aromatic rings. The standard InChI is InChI=1S/C28H27N3O2S/c1-20-18-26(32)33-25-19-23(12-13-24(20)25)29-28(34)31-16-14-30(15-17-31)27(21-8-4-2-5-9-21)22-10-6-3-7-11-22/h2-13,18-19,27H,14-17H2,1H3,(H,29,34). The van der Waals surface area contributed by atoms with Crippen LogP contribution in [0.1, 0.15) is 22.7 Å². The molecule has 6 heteroatoms. The third-order valence-corrected chi connectivity index (χ3v) is 6.76. The monoisotopic (exact) mass is 469 g/mol. The second-order valence-corrected chi connectivity index (χ2v) is 9.02. The quantitative estimate of drug-likeness (QED) is 0.327. The number of fused-ring (bicyclic) bond motifs is 1. The minimum Gasteiger partial charge on any atom is -0.423 e. The first-order valence-electron chi connectivity index (χ1n) is 11.5. The highest BCUT2D eigenvalue weighted by Crippen LogP contribution is 2.29. The van der Waals surface area contributed by atoms with Crippen molar-refractivity contribution in [3.63, 3.8) is 0 Å². The summed E-state index contributed by atoms with van der Waals surface area (Å²) >= 11 is 5.73. The lowest BCUT2D eigenvalue weighted by Crippen LogP contribution is -2.50. The van der Waals surface area contributed by atoms with Gasteiger partial charge in [-0.25, -0.2) is 4.79 Å². The maximum absolute atomic E-state index is 11.8. The van der Waals surface area contributed by atoms with Crippen LogP contribution in [0.15, 0.2) is 94.1 Å². The van der Waals surface area contributed by atoms with Crippen molar-refractivity contribution in [3.05, 3.63) is 112 Å². The van der Waals surface area contributed by atoms with Crippen LogP contribution >= 0.6 is 12.2 Å². The highest BCUT2D eigenvalue weighted by atomic mass is 32.1. The van der Waals surface area contributed by atoms with E-state index in [-0.39, 0.29) is 11.7 Å². The molecule has 1 N–H and O–H groups in total. The smallest absolute Gasteiger partial charge is 0.336 e. The van der Waals surface area contributed by atoms with E-state index < -0.39 is 0 Å². The molecule has 1 aliphatic heterocycles. The summed E-state index contributed by atoms with van der Waals surface area (Å²) in [5.41, 5.74) is 4.55. The van der Waals surface area contributed by atoms with Crippen molar-refractivity contribution in [2.45, 2.75) is 13.0 Å². The maximum Gasteiger partial charge on any atom is 0.336 e. The van der Waals surface area contributed by atoms with Crippen molar-refractivity contribution < 1.29 is 4.42 Å². The average Bonchev–Trinajstić information content (AvgIpc) is 2.85. The summed E-state index contributed by atoms with van der Waals surface area (Å²) in [7, 11) is 0. The van der Waals surface area contributed by atoms with Gasteiger partial charge < -0.3 is 14.6 Å². The summed E-state index contributed by atoms with van der Waals surface area (Å²) in [5.74, 6) is 0. The van der Waals surface area contributed by atoms with Crippen LogP contribution in [0.25, 0.3) is 11.0 Å². The summed E-state index contributed by atoms with van der Waals surface area (Å²) in [5, 5.41) is 4.94. The number of hydrogen-bond acceptors (Lipinski definition) is 4. The van der Waals surface area contributed by atoms with Crippen LogP contribution in [0.2, 0.25) is 0 Å². The number of aryl methyl sites for hydroxylation is 1. The molecule has 1 aliphatic rings. The normalized spacial score (nSPS) is 14.5. The molecule has 34 heavy (non-hydrogen) atoms. The number of nitrogens with one attached hydrogen (secondary N) is 1. The van der Waals surface area contributed by atoms with Gasteiger partial charge in [0.2, 0.25) is 0 Å². The van der Waals surface area contributed by atoms with E-state index in [4.69, 9.17) is 16.6 Å². The largest absolute Gasteiger partial charge is 0.423 e. The van der Waals surface area contributed by atoms with Crippen LogP contribution in [0.3, 0.4) is 0 Å². The van der Waals surface area contributed by atoms with E-state index in [0.29, 0.717) is 10.7 Å². The first kappa shape index (κ1) is 22.3. The van der Waals surface area contributed by atoms with Gasteiger partial charge in [0, 0.05) is 49.4 Å². The summed E-state index contributed by atoms with van der Waals surface area (Å²) in [6.45, 7) is 5.40. The second-order valence-electron chi connectivity index (χ2n) is 8.64. The van der Waals surface area contributed by atoms with Crippen LogP contribution in [0.5, 0.6) is 0 Å². The molecule has 0 saturated carbocycles. The number of benzene rings is 3. The third kappa shape index (κ3) is 4.74. The Morgan fingerprint density at radius 3 is 2.12 bits per heavy atom. The molecule has 1 aromatic heterocycles. The van der Waals surface area contributed by atoms with Crippen molar-refractivity contribution in [2.24, 2.45) is 0 Å². The first-order chi connectivity index (χ1) is 16.6. The maximum atomic E-state index is 11.8. The van der Waals surface area contributed by atoms with Crippen molar-refractivity contribution in [2.75, 3.05) is 31.5 Å². The minimum atomic E-state index is -0.341. The number of nitrogens with zero attached hydrogens (tertiary/aromatic N) is 2. The molecule has 0 radical (unpaired) electrons. The van der Waals surface area contributed by atoms with Crippen LogP contribution in [-0.2, 0) is 0 Å². The Kier molecular flexibility index (Phi) is 6.43. The topological polar surface area (TPSA) is 48.7 Å². The highest BCUT2D eigenvalue weighted by Gasteiger charge is 2.27. The van der Waals surface area contributed by atoms with E-state index in [1.165, 1.54) is 17.2 Å². The summed E-state index contributed by atoms with van der Waals surface area (Å²) in [6.07, 6.45) is 0. The summed E-state index contributed by atoms with van der Waals surface area (Å²) in [4.78, 5) is 16.5. The van der Waals surface area contributed by atoms with Gasteiger partial charge >= 0.3 is 5.63 Å². The number of piperazine rings is 1. The Hall–Kier alpha value is -3.48. The molecule has 3 aromatic carbocycles. The van der Waals surface area contributed by atoms with Gasteiger partial charge in [0.1, 0.15) is 5.58 Å². The van der Waals surface area contributed by atoms with Crippen molar-refractivity contribution in [3.8, 4) is 0 Å². The van der Waals surface area contributed by atoms with Gasteiger partial charge in [-0.1, -0.05) is 60.7 Å². The lowest BCUT2D eigenvalue weighted by Gasteiger charge is -2.40. The van der Waals surface area contributed by atoms with E-state index in [1.807, 2.05) is 25.1 Å². The van der Waals surface area contributed by atoms with E-state index in [0.717, 1.165) is 42.8 Å². The van der Waals surface area contributed by atoms with Gasteiger partial charge in [-0.3, -0.25) is 4.90 Å². The molecule has 5 nitrogen and oxygen atoms in total. The van der Waals surface area contributed by atoms with Gasteiger partial charge in [0.25, 0.3) is 0 Å². The van der Waals surface area contributed by atoms with E-state index in [2.05, 4.69) is 75.8 Å². The Bertz CT molecular complexity index is 1310. The van der Waals surface area contributed by atoms with Gasteiger partial charge in [-0.05, 0) is 48.0 Å². The molecular weight excluding hydrogens is 442 g/mol. The molecule has 0 amide bonds. The molecule has 0 bridgehead atoms. The van der Waals surface area contributed by atoms with Gasteiger partial charge in [0.15, 0.2) is 5.11 Å². The lowest BCUT2D eigenvalue weighted by atomic mass is 9.96. The highest BCUT2D eigenvalue weighted by molar-refractivity contribution is 7.80. The van der Waals surface area contributed by atoms with Gasteiger partial charge in [-0.15, -0.1) is 0 Å². The second kappa shape index (κ2) is 9.79. The molecule has 1 saturated heterocycles. The molecule has 0 spiro atoms. The van der Waals surface area contributed by atoms with E-state index >= 15 is 0 Å². The third-order valence-electron chi connectivity index (χ3n) is 6.40. The predicted molar refractivity (Wildman–Crippen MR) is 141 cm³/mol. The molecule has 0 aliphatic carbocycles. The molecule has 0 unspecified atom stereocenters. The Morgan fingerprint density at radius 1 is 0.882 bits per heavy atom. The van der Waals surface area contributed by atoms with Crippen molar-refractivity contribution in [1.29, 1.82) is 0 Å². The summed E-state index contributed by atoms with van der Waals surface area (Å²) < 4.78 is 5.38. The molecule has 0 atom stereocenters. The van der Waals surface area contributed by atoms with Crippen LogP contribution in [-0.4, -0.2) is 41.1 Å². The lowest BCUT2D eigenvalue weighted by molar-refractivity contribution is 0.151. The SMILES string of the molecule is Cc1cc(=O)oc2cc(NC(=S)N3CCN(C(c4ccccc4)c4ccccc4)CC3)ccc12. The summed E-state index contributed by atoms with van der Waals surface area (Å²) in [6, 6.07) is 28.9. The van der Waals surface area contributed by atoms with E-state index in [9.17, 15) is 4.79 Å². The van der Waals surface area contributed by atoms with Crippen LogP contribution in [0.4, 0.5) is 5.69 Å². The Balaban J connectivity index is 1.28. The van der Waals surface area contributed by atoms with Crippen LogP contribution < -0.4 is 10.9 Å². The minimum absolute atomic E-state index is 0.220. The molecule has 1 fully saturated rings. The number of rotatable bonds is 4. The van der Waals surface area contributed by atoms with Gasteiger partial charge in [-0.2, -0.15) is 0 Å². The first-order valence-corrected chi connectivity index (χ1v) is 11.9. The number of anilines is 1. The molecular formula is C28H27N3O2S. The van der Waals surface area contributed by atoms with Crippen LogP contribution in [0, 0.1) is 6.92 Å². The molecule has 5 rings (SSSR count). The van der Waals surface area contributed by atoms with Crippen molar-refractivity contribution >= 4 is 34.0 Å². The fourth-order valence-electron chi connectivity index (χ4n) is 4.67. The Labute approximate surface area is 204 Å². The van der Waals surface area contributed by atoms with Crippen molar-refractivity contribution in [1.82, 2.24) is 9.80 Å². The average molecular weight is 470 g/mol. The number of thiocarbonyl (C=S) groups is 1. The van der Waals surface area contributed by atoms with Gasteiger partial charge in [0.05, 0.1) is 6.04 Å². The Morgan fingerprint density at radius 2 is 1.50 bits per heavy atom. The predicted octanol–water partition coefficient (Wildman–Crippen LogP) is 5.21. The molecule has 2 heterocycles. The fraction of sp³-hybridized carbons (Fsp3) is 0.214. The van der Waals surface area contributed by atoms with E-state index in [1.54, 1.807) is 0 Å². The number of hydrogen-bond donors (Lipinski definition) is 1. The molecule has 172 valence electrons. The zero-order chi connectivity index (χ0) is 23.5.